The third-order valence-corrected chi connectivity index (χ3v) is 3.50. The molecule has 0 fully saturated rings. The predicted molar refractivity (Wildman–Crippen MR) is 80.0 cm³/mol. The summed E-state index contributed by atoms with van der Waals surface area (Å²) in [5.74, 6) is 0.205. The summed E-state index contributed by atoms with van der Waals surface area (Å²) in [5.41, 5.74) is 4.16. The van der Waals surface area contributed by atoms with Crippen LogP contribution < -0.4 is 0 Å². The van der Waals surface area contributed by atoms with Crippen LogP contribution in [-0.4, -0.2) is 5.78 Å². The third-order valence-electron chi connectivity index (χ3n) is 3.25. The van der Waals surface area contributed by atoms with Gasteiger partial charge in [0.1, 0.15) is 0 Å². The zero-order chi connectivity index (χ0) is 13.8. The normalized spacial score (nSPS) is 10.5. The van der Waals surface area contributed by atoms with Gasteiger partial charge in [-0.15, -0.1) is 0 Å². The minimum Gasteiger partial charge on any atom is -0.294 e. The number of rotatable bonds is 4. The van der Waals surface area contributed by atoms with Crippen molar-refractivity contribution in [1.29, 1.82) is 0 Å². The van der Waals surface area contributed by atoms with E-state index in [2.05, 4.69) is 0 Å². The SMILES string of the molecule is Cc1ccc(C)c(C(=O)CCc2ccc(Cl)cc2)c1. The van der Waals surface area contributed by atoms with E-state index in [0.717, 1.165) is 33.7 Å². The van der Waals surface area contributed by atoms with E-state index in [1.54, 1.807) is 0 Å². The van der Waals surface area contributed by atoms with E-state index in [9.17, 15) is 4.79 Å². The summed E-state index contributed by atoms with van der Waals surface area (Å²) >= 11 is 5.84. The summed E-state index contributed by atoms with van der Waals surface area (Å²) in [6.07, 6.45) is 1.29. The molecule has 0 aliphatic heterocycles. The van der Waals surface area contributed by atoms with Crippen LogP contribution in [0, 0.1) is 13.8 Å². The summed E-state index contributed by atoms with van der Waals surface area (Å²) < 4.78 is 0. The van der Waals surface area contributed by atoms with E-state index in [0.29, 0.717) is 6.42 Å². The van der Waals surface area contributed by atoms with Crippen molar-refractivity contribution in [3.63, 3.8) is 0 Å². The molecule has 98 valence electrons. The smallest absolute Gasteiger partial charge is 0.163 e. The van der Waals surface area contributed by atoms with Gasteiger partial charge >= 0.3 is 0 Å². The second-order valence-corrected chi connectivity index (χ2v) is 5.30. The molecule has 0 aliphatic rings. The number of carbonyl (C=O) groups is 1. The standard InChI is InChI=1S/C17H17ClO/c1-12-3-4-13(2)16(11-12)17(19)10-7-14-5-8-15(18)9-6-14/h3-6,8-9,11H,7,10H2,1-2H3. The van der Waals surface area contributed by atoms with Crippen molar-refractivity contribution in [1.82, 2.24) is 0 Å². The fraction of sp³-hybridized carbons (Fsp3) is 0.235. The topological polar surface area (TPSA) is 17.1 Å². The molecule has 0 unspecified atom stereocenters. The maximum atomic E-state index is 12.2. The van der Waals surface area contributed by atoms with Gasteiger partial charge in [-0.05, 0) is 49.6 Å². The molecule has 2 aromatic carbocycles. The van der Waals surface area contributed by atoms with Crippen LogP contribution in [0.5, 0.6) is 0 Å². The Morgan fingerprint density at radius 1 is 1.05 bits per heavy atom. The van der Waals surface area contributed by atoms with Crippen molar-refractivity contribution in [2.24, 2.45) is 0 Å². The molecule has 0 saturated heterocycles. The summed E-state index contributed by atoms with van der Waals surface area (Å²) in [6.45, 7) is 3.99. The average molecular weight is 273 g/mol. The Morgan fingerprint density at radius 2 is 1.74 bits per heavy atom. The quantitative estimate of drug-likeness (QED) is 0.733. The fourth-order valence-corrected chi connectivity index (χ4v) is 2.21. The Kier molecular flexibility index (Phi) is 4.39. The summed E-state index contributed by atoms with van der Waals surface area (Å²) in [6, 6.07) is 13.7. The van der Waals surface area contributed by atoms with E-state index < -0.39 is 0 Å². The van der Waals surface area contributed by atoms with Crippen molar-refractivity contribution in [3.05, 3.63) is 69.7 Å². The third kappa shape index (κ3) is 3.68. The molecular weight excluding hydrogens is 256 g/mol. The van der Waals surface area contributed by atoms with Crippen LogP contribution in [0.25, 0.3) is 0 Å². The minimum absolute atomic E-state index is 0.205. The Bertz CT molecular complexity index is 585. The van der Waals surface area contributed by atoms with Gasteiger partial charge in [0, 0.05) is 17.0 Å². The van der Waals surface area contributed by atoms with Crippen LogP contribution in [0.1, 0.15) is 33.5 Å². The monoisotopic (exact) mass is 272 g/mol. The lowest BCUT2D eigenvalue weighted by Crippen LogP contribution is -2.04. The molecule has 0 radical (unpaired) electrons. The highest BCUT2D eigenvalue weighted by Gasteiger charge is 2.09. The molecule has 0 saturated carbocycles. The van der Waals surface area contributed by atoms with Gasteiger partial charge in [0.05, 0.1) is 0 Å². The Hall–Kier alpha value is -1.60. The molecule has 2 rings (SSSR count). The highest BCUT2D eigenvalue weighted by atomic mass is 35.5. The number of benzene rings is 2. The predicted octanol–water partition coefficient (Wildman–Crippen LogP) is 4.77. The maximum absolute atomic E-state index is 12.2. The lowest BCUT2D eigenvalue weighted by atomic mass is 9.98. The van der Waals surface area contributed by atoms with E-state index >= 15 is 0 Å². The van der Waals surface area contributed by atoms with Crippen molar-refractivity contribution in [2.75, 3.05) is 0 Å². The number of halogens is 1. The molecule has 0 aliphatic carbocycles. The summed E-state index contributed by atoms with van der Waals surface area (Å²) in [4.78, 5) is 12.2. The highest BCUT2D eigenvalue weighted by Crippen LogP contribution is 2.16. The number of aryl methyl sites for hydroxylation is 3. The zero-order valence-electron chi connectivity index (χ0n) is 11.2. The summed E-state index contributed by atoms with van der Waals surface area (Å²) in [7, 11) is 0. The van der Waals surface area contributed by atoms with Crippen LogP contribution in [0.3, 0.4) is 0 Å². The molecule has 0 aromatic heterocycles. The molecule has 0 spiro atoms. The van der Waals surface area contributed by atoms with E-state index in [1.165, 1.54) is 0 Å². The van der Waals surface area contributed by atoms with Crippen LogP contribution in [0.15, 0.2) is 42.5 Å². The number of carbonyl (C=O) groups excluding carboxylic acids is 1. The van der Waals surface area contributed by atoms with Crippen molar-refractivity contribution in [2.45, 2.75) is 26.7 Å². The fourth-order valence-electron chi connectivity index (χ4n) is 2.08. The second kappa shape index (κ2) is 6.03. The van der Waals surface area contributed by atoms with Crippen LogP contribution in [0.4, 0.5) is 0 Å². The second-order valence-electron chi connectivity index (χ2n) is 4.87. The molecule has 0 bridgehead atoms. The van der Waals surface area contributed by atoms with E-state index in [-0.39, 0.29) is 5.78 Å². The molecule has 19 heavy (non-hydrogen) atoms. The zero-order valence-corrected chi connectivity index (χ0v) is 12.0. The van der Waals surface area contributed by atoms with Crippen LogP contribution >= 0.6 is 11.6 Å². The lowest BCUT2D eigenvalue weighted by Gasteiger charge is -2.06. The van der Waals surface area contributed by atoms with Gasteiger partial charge in [-0.3, -0.25) is 4.79 Å². The van der Waals surface area contributed by atoms with Crippen LogP contribution in [0.2, 0.25) is 5.02 Å². The molecule has 1 nitrogen and oxygen atoms in total. The molecule has 2 heteroatoms. The van der Waals surface area contributed by atoms with Gasteiger partial charge < -0.3 is 0 Å². The summed E-state index contributed by atoms with van der Waals surface area (Å²) in [5, 5.41) is 0.726. The number of ketones is 1. The van der Waals surface area contributed by atoms with Gasteiger partial charge in [-0.25, -0.2) is 0 Å². The molecule has 2 aromatic rings. The highest BCUT2D eigenvalue weighted by molar-refractivity contribution is 6.30. The van der Waals surface area contributed by atoms with Gasteiger partial charge in [0.25, 0.3) is 0 Å². The molecule has 0 N–H and O–H groups in total. The Labute approximate surface area is 119 Å². The minimum atomic E-state index is 0.205. The first-order chi connectivity index (χ1) is 9.06. The van der Waals surface area contributed by atoms with E-state index in [1.807, 2.05) is 56.3 Å². The molecular formula is C17H17ClO. The van der Waals surface area contributed by atoms with Gasteiger partial charge in [-0.1, -0.05) is 41.4 Å². The number of Topliss-reactive ketones (excluding diaryl/α,β-unsaturated/α-hetero) is 1. The van der Waals surface area contributed by atoms with Crippen molar-refractivity contribution < 1.29 is 4.79 Å². The van der Waals surface area contributed by atoms with Crippen LogP contribution in [-0.2, 0) is 6.42 Å². The number of hydrogen-bond acceptors (Lipinski definition) is 1. The van der Waals surface area contributed by atoms with Crippen molar-refractivity contribution >= 4 is 17.4 Å². The molecule has 0 heterocycles. The van der Waals surface area contributed by atoms with E-state index in [4.69, 9.17) is 11.6 Å². The lowest BCUT2D eigenvalue weighted by molar-refractivity contribution is 0.0982. The Morgan fingerprint density at radius 3 is 2.42 bits per heavy atom. The average Bonchev–Trinajstić information content (AvgIpc) is 2.40. The largest absolute Gasteiger partial charge is 0.294 e. The van der Waals surface area contributed by atoms with Gasteiger partial charge in [-0.2, -0.15) is 0 Å². The molecule has 0 atom stereocenters. The first-order valence-corrected chi connectivity index (χ1v) is 6.79. The first-order valence-electron chi connectivity index (χ1n) is 6.41. The Balaban J connectivity index is 2.05. The van der Waals surface area contributed by atoms with Gasteiger partial charge in [0.2, 0.25) is 0 Å². The maximum Gasteiger partial charge on any atom is 0.163 e. The first kappa shape index (κ1) is 13.8. The van der Waals surface area contributed by atoms with Gasteiger partial charge in [0.15, 0.2) is 5.78 Å². The molecule has 0 amide bonds. The number of hydrogen-bond donors (Lipinski definition) is 0. The van der Waals surface area contributed by atoms with Crippen molar-refractivity contribution in [3.8, 4) is 0 Å².